The van der Waals surface area contributed by atoms with E-state index in [9.17, 15) is 0 Å². The van der Waals surface area contributed by atoms with Crippen LogP contribution in [0.2, 0.25) is 0 Å². The van der Waals surface area contributed by atoms with Crippen molar-refractivity contribution in [3.63, 3.8) is 0 Å². The van der Waals surface area contributed by atoms with E-state index < -0.39 is 0 Å². The number of thiophene rings is 2. The van der Waals surface area contributed by atoms with Crippen LogP contribution in [-0.4, -0.2) is 23.0 Å². The molecule has 0 saturated carbocycles. The van der Waals surface area contributed by atoms with Crippen molar-refractivity contribution in [1.29, 1.82) is 0 Å². The van der Waals surface area contributed by atoms with Crippen LogP contribution in [0.25, 0.3) is 54.2 Å². The molecule has 3 heterocycles. The fourth-order valence-corrected chi connectivity index (χ4v) is 7.32. The fourth-order valence-electron chi connectivity index (χ4n) is 4.61. The van der Waals surface area contributed by atoms with Gasteiger partial charge in [-0.2, -0.15) is 8.75 Å². The van der Waals surface area contributed by atoms with Crippen molar-refractivity contribution in [2.24, 2.45) is 0 Å². The molecule has 0 aliphatic rings. The van der Waals surface area contributed by atoms with E-state index in [1.54, 1.807) is 36.9 Å². The van der Waals surface area contributed by atoms with Gasteiger partial charge in [-0.1, -0.05) is 36.4 Å². The fraction of sp³-hybridized carbons (Fsp3) is 0.133. The van der Waals surface area contributed by atoms with Crippen LogP contribution in [0.5, 0.6) is 11.5 Å². The molecular weight excluding hydrogens is 517 g/mol. The summed E-state index contributed by atoms with van der Waals surface area (Å²) in [6.07, 6.45) is 0. The maximum Gasteiger partial charge on any atom is 0.118 e. The number of aromatic nitrogens is 2. The largest absolute Gasteiger partial charge is 0.497 e. The van der Waals surface area contributed by atoms with Crippen molar-refractivity contribution in [2.45, 2.75) is 13.8 Å². The van der Waals surface area contributed by atoms with Gasteiger partial charge in [0.25, 0.3) is 0 Å². The first kappa shape index (κ1) is 23.9. The molecule has 0 N–H and O–H groups in total. The molecule has 0 amide bonds. The predicted octanol–water partition coefficient (Wildman–Crippen LogP) is 9.12. The number of hydrogen-bond acceptors (Lipinski definition) is 7. The summed E-state index contributed by atoms with van der Waals surface area (Å²) >= 11 is 4.87. The third-order valence-electron chi connectivity index (χ3n) is 6.58. The average molecular weight is 541 g/mol. The Morgan fingerprint density at radius 2 is 0.946 bits per heavy atom. The molecule has 0 bridgehead atoms. The average Bonchev–Trinajstić information content (AvgIpc) is 3.67. The molecule has 0 aliphatic heterocycles. The van der Waals surface area contributed by atoms with Crippen molar-refractivity contribution < 1.29 is 9.47 Å². The van der Waals surface area contributed by atoms with Gasteiger partial charge in [-0.25, -0.2) is 0 Å². The van der Waals surface area contributed by atoms with E-state index in [0.29, 0.717) is 0 Å². The van der Waals surface area contributed by atoms with Crippen LogP contribution in [-0.2, 0) is 0 Å². The molecule has 0 fully saturated rings. The van der Waals surface area contributed by atoms with Gasteiger partial charge < -0.3 is 9.47 Å². The number of benzene rings is 3. The zero-order valence-electron chi connectivity index (χ0n) is 20.9. The lowest BCUT2D eigenvalue weighted by molar-refractivity contribution is 0.415. The molecule has 0 aliphatic carbocycles. The minimum Gasteiger partial charge on any atom is -0.497 e. The van der Waals surface area contributed by atoms with E-state index in [1.165, 1.54) is 53.5 Å². The molecule has 3 aromatic carbocycles. The van der Waals surface area contributed by atoms with Crippen LogP contribution in [0, 0.1) is 13.8 Å². The number of hydrogen-bond donors (Lipinski definition) is 0. The predicted molar refractivity (Wildman–Crippen MR) is 157 cm³/mol. The number of ether oxygens (including phenoxy) is 2. The van der Waals surface area contributed by atoms with Gasteiger partial charge in [0, 0.05) is 30.6 Å². The highest BCUT2D eigenvalue weighted by Crippen LogP contribution is 2.44. The molecule has 184 valence electrons. The van der Waals surface area contributed by atoms with Crippen molar-refractivity contribution in [3.05, 3.63) is 82.6 Å². The van der Waals surface area contributed by atoms with Crippen LogP contribution in [0.1, 0.15) is 9.75 Å². The Kier molecular flexibility index (Phi) is 6.28. The third-order valence-corrected chi connectivity index (χ3v) is 9.28. The number of aryl methyl sites for hydroxylation is 2. The first-order valence-electron chi connectivity index (χ1n) is 11.8. The normalized spacial score (nSPS) is 11.2. The number of fused-ring (bicyclic) bond motifs is 1. The lowest BCUT2D eigenvalue weighted by Gasteiger charge is -2.04. The zero-order chi connectivity index (χ0) is 25.5. The van der Waals surface area contributed by atoms with E-state index in [2.05, 4.69) is 62.4 Å². The van der Waals surface area contributed by atoms with Gasteiger partial charge in [0.1, 0.15) is 22.5 Å². The molecule has 0 saturated heterocycles. The van der Waals surface area contributed by atoms with Crippen LogP contribution >= 0.6 is 34.4 Å². The maximum absolute atomic E-state index is 5.32. The van der Waals surface area contributed by atoms with E-state index in [0.717, 1.165) is 33.7 Å². The quantitative estimate of drug-likeness (QED) is 0.211. The summed E-state index contributed by atoms with van der Waals surface area (Å²) in [7, 11) is 3.38. The molecule has 6 rings (SSSR count). The summed E-state index contributed by atoms with van der Waals surface area (Å²) in [5.41, 5.74) is 9.02. The Labute approximate surface area is 228 Å². The van der Waals surface area contributed by atoms with Crippen LogP contribution < -0.4 is 9.47 Å². The van der Waals surface area contributed by atoms with E-state index in [1.807, 2.05) is 24.3 Å². The Bertz CT molecular complexity index is 1580. The van der Waals surface area contributed by atoms with Crippen molar-refractivity contribution >= 4 is 45.4 Å². The SMILES string of the molecule is COc1ccc(-c2cc(-c3ccc(-c4cc(-c5ccc(OC)cc5)c(C)s4)c4nsnc34)sc2C)cc1. The highest BCUT2D eigenvalue weighted by atomic mass is 32.1. The number of methoxy groups -OCH3 is 2. The highest BCUT2D eigenvalue weighted by Gasteiger charge is 2.19. The first-order valence-corrected chi connectivity index (χ1v) is 14.2. The van der Waals surface area contributed by atoms with Gasteiger partial charge in [-0.3, -0.25) is 0 Å². The van der Waals surface area contributed by atoms with Crippen LogP contribution in [0.3, 0.4) is 0 Å². The summed E-state index contributed by atoms with van der Waals surface area (Å²) < 4.78 is 20.1. The Morgan fingerprint density at radius 1 is 0.541 bits per heavy atom. The first-order chi connectivity index (χ1) is 18.1. The van der Waals surface area contributed by atoms with E-state index in [-0.39, 0.29) is 0 Å². The van der Waals surface area contributed by atoms with Gasteiger partial charge in [0.2, 0.25) is 0 Å². The second-order valence-electron chi connectivity index (χ2n) is 8.74. The second-order valence-corrected chi connectivity index (χ2v) is 11.8. The Hall–Kier alpha value is -3.52. The minimum atomic E-state index is 0.863. The Morgan fingerprint density at radius 3 is 1.32 bits per heavy atom. The van der Waals surface area contributed by atoms with Gasteiger partial charge >= 0.3 is 0 Å². The smallest absolute Gasteiger partial charge is 0.118 e. The number of nitrogens with zero attached hydrogens (tertiary/aromatic N) is 2. The molecule has 0 spiro atoms. The monoisotopic (exact) mass is 540 g/mol. The summed E-state index contributed by atoms with van der Waals surface area (Å²) in [5, 5.41) is 0. The van der Waals surface area contributed by atoms with Gasteiger partial charge in [0.15, 0.2) is 0 Å². The highest BCUT2D eigenvalue weighted by molar-refractivity contribution is 7.16. The molecule has 0 unspecified atom stereocenters. The van der Waals surface area contributed by atoms with Gasteiger partial charge in [-0.15, -0.1) is 22.7 Å². The molecule has 6 aromatic rings. The van der Waals surface area contributed by atoms with Crippen LogP contribution in [0.4, 0.5) is 0 Å². The molecule has 37 heavy (non-hydrogen) atoms. The second kappa shape index (κ2) is 9.74. The maximum atomic E-state index is 5.32. The number of rotatable bonds is 6. The van der Waals surface area contributed by atoms with Gasteiger partial charge in [-0.05, 0) is 72.5 Å². The van der Waals surface area contributed by atoms with Crippen molar-refractivity contribution in [2.75, 3.05) is 14.2 Å². The summed E-state index contributed by atoms with van der Waals surface area (Å²) in [6.45, 7) is 4.35. The summed E-state index contributed by atoms with van der Waals surface area (Å²) in [6, 6.07) is 25.4. The van der Waals surface area contributed by atoms with E-state index >= 15 is 0 Å². The zero-order valence-corrected chi connectivity index (χ0v) is 23.3. The lowest BCUT2D eigenvalue weighted by atomic mass is 10.0. The van der Waals surface area contributed by atoms with Crippen LogP contribution in [0.15, 0.2) is 72.8 Å². The molecule has 3 aromatic heterocycles. The molecular formula is C30H24N2O2S3. The molecule has 7 heteroatoms. The van der Waals surface area contributed by atoms with E-state index in [4.69, 9.17) is 18.2 Å². The summed E-state index contributed by atoms with van der Waals surface area (Å²) in [4.78, 5) is 4.96. The molecule has 4 nitrogen and oxygen atoms in total. The van der Waals surface area contributed by atoms with Crippen molar-refractivity contribution in [1.82, 2.24) is 8.75 Å². The standard InChI is InChI=1S/C30H24N2O2S3/c1-17-25(19-5-9-21(33-3)10-6-19)15-27(35-17)23-13-14-24(30-29(23)31-37-32-30)28-16-26(18(2)36-28)20-7-11-22(34-4)12-8-20/h5-16H,1-4H3. The Balaban J connectivity index is 1.39. The third kappa shape index (κ3) is 4.33. The lowest BCUT2D eigenvalue weighted by Crippen LogP contribution is -1.83. The molecule has 0 radical (unpaired) electrons. The summed E-state index contributed by atoms with van der Waals surface area (Å²) in [5.74, 6) is 1.73. The molecule has 0 atom stereocenters. The topological polar surface area (TPSA) is 44.2 Å². The minimum absolute atomic E-state index is 0.863. The van der Waals surface area contributed by atoms with Crippen molar-refractivity contribution in [3.8, 4) is 54.6 Å². The van der Waals surface area contributed by atoms with Gasteiger partial charge in [0.05, 0.1) is 25.9 Å².